The second-order valence-corrected chi connectivity index (χ2v) is 8.01. The molecule has 1 N–H and O–H groups in total. The van der Waals surface area contributed by atoms with Gasteiger partial charge in [0.05, 0.1) is 6.10 Å². The fourth-order valence-corrected chi connectivity index (χ4v) is 4.75. The highest BCUT2D eigenvalue weighted by molar-refractivity contribution is 7.88. The normalized spacial score (nSPS) is 40.4. The monoisotopic (exact) mass is 350 g/mol. The summed E-state index contributed by atoms with van der Waals surface area (Å²) in [7, 11) is -10.2. The van der Waals surface area contributed by atoms with E-state index in [2.05, 4.69) is 4.74 Å². The minimum absolute atomic E-state index is 0.00971. The van der Waals surface area contributed by atoms with Crippen molar-refractivity contribution in [3.8, 4) is 0 Å². The molecule has 120 valence electrons. The third-order valence-electron chi connectivity index (χ3n) is 3.57. The molecule has 5 atom stereocenters. The lowest BCUT2D eigenvalue weighted by Gasteiger charge is -2.23. The lowest BCUT2D eigenvalue weighted by atomic mass is 9.95. The molecule has 21 heavy (non-hydrogen) atoms. The van der Waals surface area contributed by atoms with Crippen LogP contribution in [-0.4, -0.2) is 62.3 Å². The lowest BCUT2D eigenvalue weighted by Crippen LogP contribution is -2.48. The zero-order valence-electron chi connectivity index (χ0n) is 9.88. The maximum atomic E-state index is 13.1. The quantitative estimate of drug-likeness (QED) is 0.372. The first-order valence-corrected chi connectivity index (χ1v) is 8.50. The number of ether oxygens (including phenoxy) is 2. The maximum Gasteiger partial charge on any atom is 0.465 e. The molecule has 0 radical (unpaired) electrons. The molecule has 9 nitrogen and oxygen atoms in total. The van der Waals surface area contributed by atoms with E-state index < -0.39 is 61.1 Å². The van der Waals surface area contributed by atoms with E-state index in [4.69, 9.17) is 13.5 Å². The van der Waals surface area contributed by atoms with Crippen molar-refractivity contribution in [2.75, 3.05) is 0 Å². The molecule has 0 aliphatic carbocycles. The van der Waals surface area contributed by atoms with Gasteiger partial charge in [-0.15, -0.1) is 0 Å². The number of hydrogen-bond acceptors (Lipinski definition) is 8. The smallest absolute Gasteiger partial charge is 0.453 e. The van der Waals surface area contributed by atoms with E-state index >= 15 is 0 Å². The second-order valence-electron chi connectivity index (χ2n) is 4.83. The van der Waals surface area contributed by atoms with E-state index in [0.717, 1.165) is 0 Å². The number of hydrogen-bond donors (Lipinski definition) is 1. The summed E-state index contributed by atoms with van der Waals surface area (Å²) in [5.41, 5.74) is 0. The van der Waals surface area contributed by atoms with E-state index in [-0.39, 0.29) is 6.42 Å². The number of fused-ring (bicyclic) bond motifs is 1. The standard InChI is InChI=1S/C8H8F2O9S2/c9-8(10,21(14,15)16)7(11)18-4-2-1-3-5(17-2)6(4)20(12,13)19-3/h2-6H,1H2,(H,14,15,16). The number of rotatable bonds is 3. The first-order valence-electron chi connectivity index (χ1n) is 5.58. The third kappa shape index (κ3) is 1.98. The van der Waals surface area contributed by atoms with Gasteiger partial charge in [0.15, 0.2) is 5.25 Å². The number of alkyl halides is 2. The van der Waals surface area contributed by atoms with Crippen LogP contribution < -0.4 is 0 Å². The minimum Gasteiger partial charge on any atom is -0.453 e. The van der Waals surface area contributed by atoms with E-state index in [1.807, 2.05) is 0 Å². The molecule has 3 saturated heterocycles. The molecule has 0 spiro atoms. The average molecular weight is 350 g/mol. The molecule has 0 aromatic heterocycles. The third-order valence-corrected chi connectivity index (χ3v) is 6.11. The molecule has 13 heteroatoms. The highest BCUT2D eigenvalue weighted by atomic mass is 32.2. The van der Waals surface area contributed by atoms with Crippen molar-refractivity contribution in [2.24, 2.45) is 0 Å². The molecule has 3 aliphatic rings. The minimum atomic E-state index is -6.03. The van der Waals surface area contributed by atoms with Crippen LogP contribution in [0.4, 0.5) is 8.78 Å². The Bertz CT molecular complexity index is 697. The van der Waals surface area contributed by atoms with Crippen LogP contribution in [0.1, 0.15) is 6.42 Å². The fraction of sp³-hybridized carbons (Fsp3) is 0.875. The molecule has 0 saturated carbocycles. The van der Waals surface area contributed by atoms with Crippen LogP contribution in [0.15, 0.2) is 0 Å². The molecule has 3 heterocycles. The highest BCUT2D eigenvalue weighted by Gasteiger charge is 2.69. The Morgan fingerprint density at radius 3 is 2.52 bits per heavy atom. The van der Waals surface area contributed by atoms with E-state index in [0.29, 0.717) is 0 Å². The van der Waals surface area contributed by atoms with Crippen LogP contribution in [0.3, 0.4) is 0 Å². The highest BCUT2D eigenvalue weighted by Crippen LogP contribution is 2.48. The van der Waals surface area contributed by atoms with Gasteiger partial charge >= 0.3 is 21.3 Å². The number of esters is 1. The summed E-state index contributed by atoms with van der Waals surface area (Å²) in [6.07, 6.45) is -4.29. The van der Waals surface area contributed by atoms with Crippen LogP contribution in [0.25, 0.3) is 0 Å². The van der Waals surface area contributed by atoms with Crippen LogP contribution in [0.5, 0.6) is 0 Å². The molecule has 0 amide bonds. The zero-order valence-corrected chi connectivity index (χ0v) is 11.5. The Kier molecular flexibility index (Phi) is 2.93. The molecule has 3 rings (SSSR count). The Labute approximate surface area is 117 Å². The molecule has 5 unspecified atom stereocenters. The van der Waals surface area contributed by atoms with Crippen molar-refractivity contribution in [1.82, 2.24) is 0 Å². The Morgan fingerprint density at radius 2 is 1.95 bits per heavy atom. The molecule has 0 aromatic rings. The van der Waals surface area contributed by atoms with E-state index in [1.54, 1.807) is 0 Å². The van der Waals surface area contributed by atoms with Crippen molar-refractivity contribution in [1.29, 1.82) is 0 Å². The first kappa shape index (κ1) is 15.0. The number of carbonyl (C=O) groups is 1. The molecule has 3 aliphatic heterocycles. The number of halogens is 2. The summed E-state index contributed by atoms with van der Waals surface area (Å²) in [5.74, 6) is -2.56. The average Bonchev–Trinajstić information content (AvgIpc) is 2.87. The van der Waals surface area contributed by atoms with Crippen LogP contribution in [-0.2, 0) is 38.7 Å². The van der Waals surface area contributed by atoms with E-state index in [9.17, 15) is 30.4 Å². The van der Waals surface area contributed by atoms with Crippen molar-refractivity contribution in [3.63, 3.8) is 0 Å². The van der Waals surface area contributed by atoms with Crippen LogP contribution in [0.2, 0.25) is 0 Å². The summed E-state index contributed by atoms with van der Waals surface area (Å²) >= 11 is 0. The van der Waals surface area contributed by atoms with Crippen molar-refractivity contribution >= 4 is 26.2 Å². The Hall–Kier alpha value is -0.890. The van der Waals surface area contributed by atoms with Crippen molar-refractivity contribution in [2.45, 2.75) is 41.3 Å². The SMILES string of the molecule is O=C(OC1C2CC3OS(=O)(=O)C1C3O2)C(F)(F)S(=O)(=O)O. The molecular formula is C8H8F2O9S2. The van der Waals surface area contributed by atoms with Gasteiger partial charge in [-0.1, -0.05) is 0 Å². The van der Waals surface area contributed by atoms with Gasteiger partial charge in [-0.05, 0) is 0 Å². The summed E-state index contributed by atoms with van der Waals surface area (Å²) in [4.78, 5) is 11.2. The Balaban J connectivity index is 1.85. The predicted molar refractivity (Wildman–Crippen MR) is 57.2 cm³/mol. The van der Waals surface area contributed by atoms with Crippen molar-refractivity contribution in [3.05, 3.63) is 0 Å². The van der Waals surface area contributed by atoms with Crippen molar-refractivity contribution < 1.29 is 48.6 Å². The number of carbonyl (C=O) groups excluding carboxylic acids is 1. The van der Waals surface area contributed by atoms with Gasteiger partial charge in [0.2, 0.25) is 0 Å². The molecule has 3 fully saturated rings. The largest absolute Gasteiger partial charge is 0.465 e. The van der Waals surface area contributed by atoms with Gasteiger partial charge in [-0.25, -0.2) is 4.79 Å². The van der Waals surface area contributed by atoms with Gasteiger partial charge in [0.25, 0.3) is 10.1 Å². The topological polar surface area (TPSA) is 133 Å². The lowest BCUT2D eigenvalue weighted by molar-refractivity contribution is -0.169. The summed E-state index contributed by atoms with van der Waals surface area (Å²) in [5, 5.41) is -6.68. The second kappa shape index (κ2) is 4.10. The Morgan fingerprint density at radius 1 is 1.33 bits per heavy atom. The van der Waals surface area contributed by atoms with Gasteiger partial charge in [0.1, 0.15) is 18.3 Å². The predicted octanol–water partition coefficient (Wildman–Crippen LogP) is -1.35. The summed E-state index contributed by atoms with van der Waals surface area (Å²) in [6, 6.07) is 0. The van der Waals surface area contributed by atoms with Crippen LogP contribution in [0, 0.1) is 0 Å². The zero-order chi connectivity index (χ0) is 15.8. The molecule has 0 aromatic carbocycles. The van der Waals surface area contributed by atoms with Crippen LogP contribution >= 0.6 is 0 Å². The van der Waals surface area contributed by atoms with Gasteiger partial charge in [0, 0.05) is 6.42 Å². The van der Waals surface area contributed by atoms with Gasteiger partial charge in [-0.3, -0.25) is 8.74 Å². The summed E-state index contributed by atoms with van der Waals surface area (Å²) in [6.45, 7) is 0. The van der Waals surface area contributed by atoms with Gasteiger partial charge in [-0.2, -0.15) is 25.6 Å². The first-order chi connectivity index (χ1) is 9.45. The maximum absolute atomic E-state index is 13.1. The van der Waals surface area contributed by atoms with E-state index in [1.165, 1.54) is 0 Å². The van der Waals surface area contributed by atoms with Gasteiger partial charge < -0.3 is 9.47 Å². The summed E-state index contributed by atoms with van der Waals surface area (Å²) < 4.78 is 92.9. The molecule has 2 bridgehead atoms. The molecular weight excluding hydrogens is 342 g/mol. The fourth-order valence-electron chi connectivity index (χ4n) is 2.71.